The van der Waals surface area contributed by atoms with Gasteiger partial charge in [-0.2, -0.15) is 0 Å². The number of hydrogen-bond donors (Lipinski definition) is 0. The van der Waals surface area contributed by atoms with Crippen LogP contribution in [0.5, 0.6) is 0 Å². The van der Waals surface area contributed by atoms with E-state index in [1.807, 2.05) is 0 Å². The van der Waals surface area contributed by atoms with Crippen LogP contribution >= 0.6 is 0 Å². The van der Waals surface area contributed by atoms with Gasteiger partial charge in [0.1, 0.15) is 34.3 Å². The van der Waals surface area contributed by atoms with Gasteiger partial charge in [0.2, 0.25) is 0 Å². The van der Waals surface area contributed by atoms with E-state index in [1.54, 1.807) is 0 Å². The number of benzene rings is 5. The quantitative estimate of drug-likeness (QED) is 0.241. The summed E-state index contributed by atoms with van der Waals surface area (Å²) in [6.45, 7) is 0. The van der Waals surface area contributed by atoms with E-state index in [-0.39, 0.29) is 66.6 Å². The first-order valence-electron chi connectivity index (χ1n) is 19.3. The zero-order valence-electron chi connectivity index (χ0n) is 35.0. The third-order valence-corrected chi connectivity index (χ3v) is 6.09. The number of furan rings is 2. The molecule has 0 bridgehead atoms. The first kappa shape index (κ1) is 10.6. The van der Waals surface area contributed by atoms with Gasteiger partial charge in [-0.1, -0.05) is 90.7 Å². The van der Waals surface area contributed by atoms with Gasteiger partial charge in [-0.15, -0.1) is 0 Å². The molecular formula is C34H20N2O2. The number of fused-ring (bicyclic) bond motifs is 6. The highest BCUT2D eigenvalue weighted by Gasteiger charge is 2.16. The number of rotatable bonds is 3. The fourth-order valence-electron chi connectivity index (χ4n) is 4.40. The van der Waals surface area contributed by atoms with Crippen LogP contribution in [0.2, 0.25) is 0 Å². The maximum Gasteiger partial charge on any atom is 0.180 e. The van der Waals surface area contributed by atoms with E-state index in [9.17, 15) is 1.37 Å². The minimum Gasteiger partial charge on any atom is -0.455 e. The van der Waals surface area contributed by atoms with E-state index < -0.39 is 102 Å². The summed E-state index contributed by atoms with van der Waals surface area (Å²) in [6, 6.07) is -5.04. The predicted molar refractivity (Wildman–Crippen MR) is 153 cm³/mol. The molecule has 0 radical (unpaired) electrons. The normalized spacial score (nSPS) is 17.6. The lowest BCUT2D eigenvalue weighted by atomic mass is 9.97. The van der Waals surface area contributed by atoms with Crippen molar-refractivity contribution in [2.45, 2.75) is 0 Å². The van der Waals surface area contributed by atoms with Gasteiger partial charge in [0.25, 0.3) is 0 Å². The summed E-state index contributed by atoms with van der Waals surface area (Å²) in [5, 5.41) is -0.160. The SMILES string of the molecule is [2H]c1c([2H])c([2H])c(-c2ncnc3c2oc2ccc(-c4c([2H])c([2H])c([2H])c(-c5c([2H])c([2H])c([2H])c6c5oc5c([2H])c([2H])c([2H])c([2H])c56)c4[2H])cc23)c([2H])c1[2H]. The molecule has 8 rings (SSSR count). The molecule has 0 N–H and O–H groups in total. The van der Waals surface area contributed by atoms with Gasteiger partial charge in [0.15, 0.2) is 5.58 Å². The largest absolute Gasteiger partial charge is 0.455 e. The second-order valence-electron chi connectivity index (χ2n) is 8.22. The highest BCUT2D eigenvalue weighted by Crippen LogP contribution is 2.38. The van der Waals surface area contributed by atoms with E-state index in [2.05, 4.69) is 9.97 Å². The van der Waals surface area contributed by atoms with Crippen LogP contribution in [-0.2, 0) is 0 Å². The molecule has 0 aliphatic rings. The van der Waals surface area contributed by atoms with Crippen LogP contribution in [-0.4, -0.2) is 9.97 Å². The summed E-state index contributed by atoms with van der Waals surface area (Å²) < 4.78 is 148. The van der Waals surface area contributed by atoms with Crippen LogP contribution in [0.1, 0.15) is 21.9 Å². The highest BCUT2D eigenvalue weighted by molar-refractivity contribution is 6.10. The summed E-state index contributed by atoms with van der Waals surface area (Å²) in [6.07, 6.45) is 1.13. The lowest BCUT2D eigenvalue weighted by Gasteiger charge is -2.07. The molecule has 178 valence electrons. The Morgan fingerprint density at radius 1 is 0.553 bits per heavy atom. The molecule has 38 heavy (non-hydrogen) atoms. The molecule has 8 aromatic rings. The van der Waals surface area contributed by atoms with Crippen LogP contribution in [0.25, 0.3) is 77.5 Å². The minimum atomic E-state index is -0.685. The first-order valence-corrected chi connectivity index (χ1v) is 11.3. The topological polar surface area (TPSA) is 52.1 Å². The van der Waals surface area contributed by atoms with E-state index in [1.165, 1.54) is 18.2 Å². The van der Waals surface area contributed by atoms with Crippen LogP contribution in [0, 0.1) is 0 Å². The smallest absolute Gasteiger partial charge is 0.180 e. The van der Waals surface area contributed by atoms with Crippen molar-refractivity contribution in [1.29, 1.82) is 0 Å². The molecule has 3 aromatic heterocycles. The van der Waals surface area contributed by atoms with E-state index in [4.69, 9.17) is 29.4 Å². The fraction of sp³-hybridized carbons (Fsp3) is 0. The third-order valence-electron chi connectivity index (χ3n) is 6.09. The summed E-state index contributed by atoms with van der Waals surface area (Å²) in [5.41, 5.74) is -1.46. The van der Waals surface area contributed by atoms with E-state index in [0.717, 1.165) is 6.33 Å². The first-order chi connectivity index (χ1) is 25.5. The molecule has 0 aliphatic carbocycles. The zero-order valence-corrected chi connectivity index (χ0v) is 19.0. The van der Waals surface area contributed by atoms with Crippen molar-refractivity contribution in [3.8, 4) is 33.5 Å². The van der Waals surface area contributed by atoms with Gasteiger partial charge >= 0.3 is 0 Å². The molecule has 4 heteroatoms. The molecule has 3 heterocycles. The highest BCUT2D eigenvalue weighted by atomic mass is 16.3. The third kappa shape index (κ3) is 3.17. The van der Waals surface area contributed by atoms with Crippen molar-refractivity contribution in [1.82, 2.24) is 9.97 Å². The fourth-order valence-corrected chi connectivity index (χ4v) is 4.40. The van der Waals surface area contributed by atoms with Gasteiger partial charge in [0, 0.05) is 27.3 Å². The molecule has 5 aromatic carbocycles. The number of aromatic nitrogens is 2. The number of nitrogens with zero attached hydrogens (tertiary/aromatic N) is 2. The summed E-state index contributed by atoms with van der Waals surface area (Å²) in [5.74, 6) is 0. The lowest BCUT2D eigenvalue weighted by molar-refractivity contribution is 0.667. The second kappa shape index (κ2) is 8.15. The van der Waals surface area contributed by atoms with Crippen LogP contribution in [0.4, 0.5) is 0 Å². The Morgan fingerprint density at radius 2 is 1.32 bits per heavy atom. The molecule has 0 amide bonds. The Balaban J connectivity index is 1.42. The molecule has 0 saturated heterocycles. The molecule has 4 nitrogen and oxygen atoms in total. The van der Waals surface area contributed by atoms with Gasteiger partial charge in [-0.25, -0.2) is 9.97 Å². The lowest BCUT2D eigenvalue weighted by Crippen LogP contribution is -1.86. The summed E-state index contributed by atoms with van der Waals surface area (Å²) in [4.78, 5) is 8.50. The van der Waals surface area contributed by atoms with Crippen LogP contribution < -0.4 is 0 Å². The molecular weight excluding hydrogens is 468 g/mol. The van der Waals surface area contributed by atoms with Crippen LogP contribution in [0.15, 0.2) is 130 Å². The van der Waals surface area contributed by atoms with Crippen molar-refractivity contribution in [2.24, 2.45) is 0 Å². The Labute approximate surface area is 240 Å². The second-order valence-corrected chi connectivity index (χ2v) is 8.22. The molecule has 0 atom stereocenters. The average molecular weight is 505 g/mol. The Bertz CT molecular complexity index is 3000. The zero-order chi connectivity index (χ0) is 39.0. The van der Waals surface area contributed by atoms with Gasteiger partial charge < -0.3 is 8.83 Å². The molecule has 0 unspecified atom stereocenters. The van der Waals surface area contributed by atoms with Gasteiger partial charge in [-0.05, 0) is 40.9 Å². The van der Waals surface area contributed by atoms with Crippen molar-refractivity contribution >= 4 is 44.0 Å². The van der Waals surface area contributed by atoms with Crippen molar-refractivity contribution < 1.29 is 30.8 Å². The van der Waals surface area contributed by atoms with Crippen molar-refractivity contribution in [3.05, 3.63) is 121 Å². The van der Waals surface area contributed by atoms with Gasteiger partial charge in [-0.3, -0.25) is 0 Å². The maximum absolute atomic E-state index is 9.34. The van der Waals surface area contributed by atoms with Crippen LogP contribution in [0.3, 0.4) is 0 Å². The number of para-hydroxylation sites is 2. The van der Waals surface area contributed by atoms with E-state index in [0.29, 0.717) is 5.39 Å². The maximum atomic E-state index is 9.34. The van der Waals surface area contributed by atoms with Crippen molar-refractivity contribution in [3.63, 3.8) is 0 Å². The number of hydrogen-bond acceptors (Lipinski definition) is 4. The summed E-state index contributed by atoms with van der Waals surface area (Å²) in [7, 11) is 0. The Hall–Kier alpha value is -5.22. The molecule has 0 spiro atoms. The molecule has 0 aliphatic heterocycles. The standard InChI is InChI=1S/C34H20N2O2/c1-2-8-21(9-3-1)31-34-32(36-20-35-31)28-19-23(16-17-30(28)38-34)22-10-6-11-24(18-22)25-13-7-14-27-26-12-4-5-15-29(26)37-33(25)27/h1-20H/i1D,2D,3D,4D,5D,6D,7D,8D,9D,10D,11D,12D,13D,14D,15D,18D. The monoisotopic (exact) mass is 504 g/mol. The Morgan fingerprint density at radius 3 is 2.26 bits per heavy atom. The average Bonchev–Trinajstić information content (AvgIpc) is 3.74. The minimum absolute atomic E-state index is 0.0115. The molecule has 0 fully saturated rings. The Kier molecular flexibility index (Phi) is 2.28. The van der Waals surface area contributed by atoms with E-state index >= 15 is 0 Å². The van der Waals surface area contributed by atoms with Gasteiger partial charge in [0.05, 0.1) is 21.9 Å². The van der Waals surface area contributed by atoms with Crippen molar-refractivity contribution in [2.75, 3.05) is 0 Å². The summed E-state index contributed by atoms with van der Waals surface area (Å²) >= 11 is 0. The predicted octanol–water partition coefficient (Wildman–Crippen LogP) is 9.28. The molecule has 0 saturated carbocycles.